The number of fused-ring (bicyclic) bond motifs is 1. The highest BCUT2D eigenvalue weighted by molar-refractivity contribution is 5.88. The van der Waals surface area contributed by atoms with Gasteiger partial charge in [-0.2, -0.15) is 0 Å². The third-order valence-electron chi connectivity index (χ3n) is 5.12. The van der Waals surface area contributed by atoms with Crippen molar-refractivity contribution in [1.82, 2.24) is 4.98 Å². The average Bonchev–Trinajstić information content (AvgIpc) is 2.71. The maximum atomic E-state index is 11.2. The van der Waals surface area contributed by atoms with Gasteiger partial charge in [0, 0.05) is 18.5 Å². The summed E-state index contributed by atoms with van der Waals surface area (Å²) in [6.07, 6.45) is 5.91. The van der Waals surface area contributed by atoms with Crippen molar-refractivity contribution < 1.29 is 14.6 Å². The molecular formula is C25H30N2O3. The number of carbonyl (C=O) groups is 1. The lowest BCUT2D eigenvalue weighted by atomic mass is 10.0. The number of hydrogen-bond donors (Lipinski definition) is 1. The van der Waals surface area contributed by atoms with Gasteiger partial charge >= 0.3 is 5.97 Å². The fourth-order valence-corrected chi connectivity index (χ4v) is 3.51. The zero-order valence-electron chi connectivity index (χ0n) is 18.0. The molecule has 0 unspecified atom stereocenters. The number of rotatable bonds is 10. The van der Waals surface area contributed by atoms with Crippen LogP contribution in [0.1, 0.15) is 43.7 Å². The number of unbranched alkanes of at least 4 members (excludes halogenated alkanes) is 3. The Bertz CT molecular complexity index is 1020. The molecule has 0 saturated carbocycles. The Morgan fingerprint density at radius 2 is 1.93 bits per heavy atom. The standard InChI is InChI=1S/C25H30N2O3/c1-4-5-6-7-10-19-12-13-22-21(15-19)23(30-20-11-8-9-18(2)14-20)16-24(26-22)27(3)17-25(28)29/h8-9,11-16H,4-7,10,17H2,1-3H3,(H,28,29). The topological polar surface area (TPSA) is 62.7 Å². The number of anilines is 1. The second kappa shape index (κ2) is 10.1. The van der Waals surface area contributed by atoms with Crippen LogP contribution in [-0.4, -0.2) is 29.7 Å². The van der Waals surface area contributed by atoms with Crippen LogP contribution in [0.15, 0.2) is 48.5 Å². The van der Waals surface area contributed by atoms with E-state index < -0.39 is 5.97 Å². The molecule has 1 heterocycles. The number of aryl methyl sites for hydroxylation is 2. The Hall–Kier alpha value is -3.08. The summed E-state index contributed by atoms with van der Waals surface area (Å²) in [5.74, 6) is 1.11. The minimum atomic E-state index is -0.900. The number of carboxylic acid groups (broad SMARTS) is 1. The molecular weight excluding hydrogens is 376 g/mol. The van der Waals surface area contributed by atoms with E-state index in [4.69, 9.17) is 9.84 Å². The number of hydrogen-bond acceptors (Lipinski definition) is 4. The Balaban J connectivity index is 1.98. The van der Waals surface area contributed by atoms with Gasteiger partial charge in [-0.15, -0.1) is 0 Å². The summed E-state index contributed by atoms with van der Waals surface area (Å²) in [4.78, 5) is 17.4. The Morgan fingerprint density at radius 3 is 2.67 bits per heavy atom. The molecule has 0 aliphatic heterocycles. The van der Waals surface area contributed by atoms with Crippen molar-refractivity contribution in [3.05, 3.63) is 59.7 Å². The molecule has 30 heavy (non-hydrogen) atoms. The summed E-state index contributed by atoms with van der Waals surface area (Å²) in [7, 11) is 1.72. The predicted octanol–water partition coefficient (Wildman–Crippen LogP) is 5.98. The summed E-state index contributed by atoms with van der Waals surface area (Å²) in [5, 5.41) is 10.1. The van der Waals surface area contributed by atoms with E-state index in [1.165, 1.54) is 31.2 Å². The number of carboxylic acids is 1. The maximum Gasteiger partial charge on any atom is 0.323 e. The van der Waals surface area contributed by atoms with Gasteiger partial charge in [0.15, 0.2) is 0 Å². The minimum absolute atomic E-state index is 0.127. The van der Waals surface area contributed by atoms with Crippen LogP contribution in [0, 0.1) is 6.92 Å². The van der Waals surface area contributed by atoms with E-state index in [9.17, 15) is 4.79 Å². The summed E-state index contributed by atoms with van der Waals surface area (Å²) in [6, 6.07) is 16.0. The molecule has 0 aliphatic carbocycles. The van der Waals surface area contributed by atoms with Crippen molar-refractivity contribution in [2.45, 2.75) is 46.0 Å². The van der Waals surface area contributed by atoms with Crippen molar-refractivity contribution in [3.63, 3.8) is 0 Å². The van der Waals surface area contributed by atoms with Crippen LogP contribution in [0.2, 0.25) is 0 Å². The zero-order chi connectivity index (χ0) is 21.5. The molecule has 2 aromatic carbocycles. The van der Waals surface area contributed by atoms with E-state index in [-0.39, 0.29) is 6.54 Å². The SMILES string of the molecule is CCCCCCc1ccc2nc(N(C)CC(=O)O)cc(Oc3cccc(C)c3)c2c1. The molecule has 0 fully saturated rings. The molecule has 5 nitrogen and oxygen atoms in total. The number of ether oxygens (including phenoxy) is 1. The number of nitrogens with zero attached hydrogens (tertiary/aromatic N) is 2. The lowest BCUT2D eigenvalue weighted by molar-refractivity contribution is -0.135. The van der Waals surface area contributed by atoms with E-state index in [1.54, 1.807) is 11.9 Å². The predicted molar refractivity (Wildman–Crippen MR) is 122 cm³/mol. The number of aromatic nitrogens is 1. The van der Waals surface area contributed by atoms with E-state index >= 15 is 0 Å². The average molecular weight is 407 g/mol. The summed E-state index contributed by atoms with van der Waals surface area (Å²) in [5.41, 5.74) is 3.18. The number of benzene rings is 2. The largest absolute Gasteiger partial charge is 0.480 e. The Kier molecular flexibility index (Phi) is 7.28. The quantitative estimate of drug-likeness (QED) is 0.420. The van der Waals surface area contributed by atoms with E-state index in [0.29, 0.717) is 11.6 Å². The van der Waals surface area contributed by atoms with Gasteiger partial charge in [-0.05, 0) is 55.2 Å². The first-order chi connectivity index (χ1) is 14.5. The highest BCUT2D eigenvalue weighted by atomic mass is 16.5. The van der Waals surface area contributed by atoms with Crippen molar-refractivity contribution in [3.8, 4) is 11.5 Å². The highest BCUT2D eigenvalue weighted by Gasteiger charge is 2.14. The maximum absolute atomic E-state index is 11.2. The summed E-state index contributed by atoms with van der Waals surface area (Å²) in [6.45, 7) is 4.12. The third kappa shape index (κ3) is 5.72. The molecule has 1 aromatic heterocycles. The third-order valence-corrected chi connectivity index (χ3v) is 5.12. The molecule has 0 spiro atoms. The Labute approximate surface area is 178 Å². The zero-order valence-corrected chi connectivity index (χ0v) is 18.0. The molecule has 0 radical (unpaired) electrons. The van der Waals surface area contributed by atoms with E-state index in [0.717, 1.165) is 28.6 Å². The highest BCUT2D eigenvalue weighted by Crippen LogP contribution is 2.33. The minimum Gasteiger partial charge on any atom is -0.480 e. The van der Waals surface area contributed by atoms with Crippen molar-refractivity contribution >= 4 is 22.7 Å². The van der Waals surface area contributed by atoms with Gasteiger partial charge < -0.3 is 14.7 Å². The molecule has 0 aliphatic rings. The number of likely N-dealkylation sites (N-methyl/N-ethyl adjacent to an activating group) is 1. The molecule has 158 valence electrons. The fourth-order valence-electron chi connectivity index (χ4n) is 3.51. The van der Waals surface area contributed by atoms with Gasteiger partial charge in [-0.3, -0.25) is 4.79 Å². The summed E-state index contributed by atoms with van der Waals surface area (Å²) < 4.78 is 6.25. The first-order valence-electron chi connectivity index (χ1n) is 10.6. The van der Waals surface area contributed by atoms with Crippen molar-refractivity contribution in [1.29, 1.82) is 0 Å². The second-order valence-corrected chi connectivity index (χ2v) is 7.81. The first-order valence-corrected chi connectivity index (χ1v) is 10.6. The molecule has 5 heteroatoms. The molecule has 0 bridgehead atoms. The smallest absolute Gasteiger partial charge is 0.323 e. The van der Waals surface area contributed by atoms with Gasteiger partial charge in [0.05, 0.1) is 5.52 Å². The lowest BCUT2D eigenvalue weighted by Crippen LogP contribution is -2.25. The van der Waals surface area contributed by atoms with Crippen LogP contribution in [0.3, 0.4) is 0 Å². The van der Waals surface area contributed by atoms with E-state index in [2.05, 4.69) is 24.0 Å². The van der Waals surface area contributed by atoms with Gasteiger partial charge in [-0.1, -0.05) is 44.4 Å². The van der Waals surface area contributed by atoms with Gasteiger partial charge in [0.25, 0.3) is 0 Å². The van der Waals surface area contributed by atoms with Crippen LogP contribution < -0.4 is 9.64 Å². The fraction of sp³-hybridized carbons (Fsp3) is 0.360. The van der Waals surface area contributed by atoms with Crippen molar-refractivity contribution in [2.24, 2.45) is 0 Å². The molecule has 3 aromatic rings. The summed E-state index contributed by atoms with van der Waals surface area (Å²) >= 11 is 0. The van der Waals surface area contributed by atoms with Gasteiger partial charge in [0.1, 0.15) is 23.9 Å². The Morgan fingerprint density at radius 1 is 1.10 bits per heavy atom. The lowest BCUT2D eigenvalue weighted by Gasteiger charge is -2.19. The number of aliphatic carboxylic acids is 1. The van der Waals surface area contributed by atoms with Crippen molar-refractivity contribution in [2.75, 3.05) is 18.5 Å². The van der Waals surface area contributed by atoms with Crippen LogP contribution in [0.4, 0.5) is 5.82 Å². The molecule has 0 amide bonds. The van der Waals surface area contributed by atoms with Crippen LogP contribution in [0.5, 0.6) is 11.5 Å². The van der Waals surface area contributed by atoms with Crippen LogP contribution >= 0.6 is 0 Å². The number of pyridine rings is 1. The normalized spacial score (nSPS) is 10.9. The van der Waals surface area contributed by atoms with Gasteiger partial charge in [-0.25, -0.2) is 4.98 Å². The van der Waals surface area contributed by atoms with Crippen LogP contribution in [0.25, 0.3) is 10.9 Å². The molecule has 3 rings (SSSR count). The molecule has 1 N–H and O–H groups in total. The monoisotopic (exact) mass is 406 g/mol. The van der Waals surface area contributed by atoms with E-state index in [1.807, 2.05) is 43.3 Å². The first kappa shape index (κ1) is 21.6. The molecule has 0 saturated heterocycles. The van der Waals surface area contributed by atoms with Gasteiger partial charge in [0.2, 0.25) is 0 Å². The van der Waals surface area contributed by atoms with Crippen LogP contribution in [-0.2, 0) is 11.2 Å². The second-order valence-electron chi connectivity index (χ2n) is 7.81. The molecule has 0 atom stereocenters.